The van der Waals surface area contributed by atoms with Crippen molar-refractivity contribution in [2.45, 2.75) is 20.8 Å². The zero-order valence-electron chi connectivity index (χ0n) is 13.0. The van der Waals surface area contributed by atoms with Gasteiger partial charge in [0.1, 0.15) is 15.0 Å². The fourth-order valence-corrected chi connectivity index (χ4v) is 3.71. The Morgan fingerprint density at radius 1 is 1.09 bits per heavy atom. The molecular weight excluding hydrogens is 308 g/mol. The van der Waals surface area contributed by atoms with Crippen molar-refractivity contribution < 1.29 is 0 Å². The fourth-order valence-electron chi connectivity index (χ4n) is 2.63. The molecule has 0 unspecified atom stereocenters. The number of thiophene rings is 1. The quantitative estimate of drug-likeness (QED) is 0.539. The maximum absolute atomic E-state index is 12.9. The second-order valence-electron chi connectivity index (χ2n) is 5.68. The van der Waals surface area contributed by atoms with Gasteiger partial charge >= 0.3 is 0 Å². The summed E-state index contributed by atoms with van der Waals surface area (Å²) < 4.78 is 1.97. The summed E-state index contributed by atoms with van der Waals surface area (Å²) in [5.74, 6) is 0. The number of rotatable bonds is 1. The maximum Gasteiger partial charge on any atom is 0.292 e. The van der Waals surface area contributed by atoms with Crippen molar-refractivity contribution in [3.63, 3.8) is 0 Å². The SMILES string of the molecule is Cc1ccc(C)c(-n2nnc3c(sc4nc(C)ccc43)c2=O)c1. The molecule has 4 rings (SSSR count). The van der Waals surface area contributed by atoms with Gasteiger partial charge < -0.3 is 0 Å². The molecule has 6 heteroatoms. The lowest BCUT2D eigenvalue weighted by Gasteiger charge is -2.07. The highest BCUT2D eigenvalue weighted by Gasteiger charge is 2.15. The van der Waals surface area contributed by atoms with E-state index >= 15 is 0 Å². The molecule has 0 fully saturated rings. The number of aryl methyl sites for hydroxylation is 3. The van der Waals surface area contributed by atoms with Gasteiger partial charge in [-0.3, -0.25) is 4.79 Å². The highest BCUT2D eigenvalue weighted by molar-refractivity contribution is 7.25. The Morgan fingerprint density at radius 2 is 1.91 bits per heavy atom. The van der Waals surface area contributed by atoms with Gasteiger partial charge in [-0.15, -0.1) is 16.4 Å². The summed E-state index contributed by atoms with van der Waals surface area (Å²) >= 11 is 1.37. The first-order valence-electron chi connectivity index (χ1n) is 7.28. The molecule has 114 valence electrons. The van der Waals surface area contributed by atoms with Crippen LogP contribution in [0, 0.1) is 20.8 Å². The summed E-state index contributed by atoms with van der Waals surface area (Å²) in [6.45, 7) is 5.89. The molecule has 0 saturated carbocycles. The van der Waals surface area contributed by atoms with Crippen molar-refractivity contribution in [3.8, 4) is 5.69 Å². The van der Waals surface area contributed by atoms with Gasteiger partial charge in [0.05, 0.1) is 5.69 Å². The van der Waals surface area contributed by atoms with Gasteiger partial charge in [0.2, 0.25) is 0 Å². The third-order valence-electron chi connectivity index (χ3n) is 3.88. The summed E-state index contributed by atoms with van der Waals surface area (Å²) in [6.07, 6.45) is 0. The zero-order valence-corrected chi connectivity index (χ0v) is 13.8. The summed E-state index contributed by atoms with van der Waals surface area (Å²) in [6, 6.07) is 9.83. The molecule has 0 atom stereocenters. The normalized spacial score (nSPS) is 11.4. The Labute approximate surface area is 136 Å². The van der Waals surface area contributed by atoms with E-state index in [1.807, 2.05) is 51.1 Å². The van der Waals surface area contributed by atoms with Crippen LogP contribution in [0.5, 0.6) is 0 Å². The predicted octanol–water partition coefficient (Wildman–Crippen LogP) is 3.32. The Balaban J connectivity index is 2.07. The Morgan fingerprint density at radius 3 is 2.74 bits per heavy atom. The molecule has 0 aliphatic heterocycles. The fraction of sp³-hybridized carbons (Fsp3) is 0.176. The molecular formula is C17H14N4OS. The lowest BCUT2D eigenvalue weighted by atomic mass is 10.1. The van der Waals surface area contributed by atoms with Crippen molar-refractivity contribution in [2.24, 2.45) is 0 Å². The molecule has 0 spiro atoms. The van der Waals surface area contributed by atoms with E-state index in [1.165, 1.54) is 16.0 Å². The van der Waals surface area contributed by atoms with Gasteiger partial charge in [0.15, 0.2) is 0 Å². The molecule has 0 aliphatic carbocycles. The number of hydrogen-bond acceptors (Lipinski definition) is 5. The van der Waals surface area contributed by atoms with E-state index < -0.39 is 0 Å². The maximum atomic E-state index is 12.9. The minimum Gasteiger partial charge on any atom is -0.266 e. The van der Waals surface area contributed by atoms with Crippen LogP contribution in [-0.4, -0.2) is 20.0 Å². The summed E-state index contributed by atoms with van der Waals surface area (Å²) in [4.78, 5) is 18.2. The Bertz CT molecular complexity index is 1130. The lowest BCUT2D eigenvalue weighted by Crippen LogP contribution is -2.22. The summed E-state index contributed by atoms with van der Waals surface area (Å²) in [5, 5.41) is 9.33. The van der Waals surface area contributed by atoms with Crippen LogP contribution in [0.25, 0.3) is 26.1 Å². The highest BCUT2D eigenvalue weighted by atomic mass is 32.1. The standard InChI is InChI=1S/C17H14N4OS/c1-9-4-5-10(2)13(8-9)21-17(22)15-14(19-20-21)12-7-6-11(3)18-16(12)23-15/h4-8H,1-3H3. The van der Waals surface area contributed by atoms with E-state index in [0.717, 1.165) is 32.7 Å². The first-order valence-corrected chi connectivity index (χ1v) is 8.10. The average molecular weight is 322 g/mol. The molecule has 23 heavy (non-hydrogen) atoms. The lowest BCUT2D eigenvalue weighted by molar-refractivity contribution is 0.736. The van der Waals surface area contributed by atoms with Crippen LogP contribution in [0.1, 0.15) is 16.8 Å². The number of nitrogens with zero attached hydrogens (tertiary/aromatic N) is 4. The Hall–Kier alpha value is -2.60. The van der Waals surface area contributed by atoms with Crippen molar-refractivity contribution in [3.05, 3.63) is 57.5 Å². The predicted molar refractivity (Wildman–Crippen MR) is 92.5 cm³/mol. The Kier molecular flexibility index (Phi) is 3.02. The first kappa shape index (κ1) is 14.0. The van der Waals surface area contributed by atoms with E-state index in [4.69, 9.17) is 0 Å². The monoisotopic (exact) mass is 322 g/mol. The molecule has 0 aliphatic rings. The summed E-state index contributed by atoms with van der Waals surface area (Å²) in [5.41, 5.74) is 4.24. The van der Waals surface area contributed by atoms with Crippen molar-refractivity contribution in [1.82, 2.24) is 20.0 Å². The zero-order chi connectivity index (χ0) is 16.1. The second kappa shape index (κ2) is 4.96. The van der Waals surface area contributed by atoms with Gasteiger partial charge in [-0.1, -0.05) is 17.3 Å². The van der Waals surface area contributed by atoms with Gasteiger partial charge in [-0.2, -0.15) is 4.68 Å². The van der Waals surface area contributed by atoms with E-state index in [2.05, 4.69) is 15.3 Å². The molecule has 0 N–H and O–H groups in total. The number of fused-ring (bicyclic) bond motifs is 3. The molecule has 0 amide bonds. The molecule has 3 aromatic heterocycles. The molecule has 4 aromatic rings. The van der Waals surface area contributed by atoms with Crippen LogP contribution in [-0.2, 0) is 0 Å². The topological polar surface area (TPSA) is 60.7 Å². The van der Waals surface area contributed by atoms with Crippen molar-refractivity contribution >= 4 is 31.8 Å². The van der Waals surface area contributed by atoms with Crippen molar-refractivity contribution in [1.29, 1.82) is 0 Å². The van der Waals surface area contributed by atoms with Gasteiger partial charge in [0.25, 0.3) is 5.56 Å². The molecule has 0 bridgehead atoms. The number of benzene rings is 1. The molecule has 0 saturated heterocycles. The molecule has 0 radical (unpaired) electrons. The minimum absolute atomic E-state index is 0.149. The van der Waals surface area contributed by atoms with Gasteiger partial charge in [0, 0.05) is 11.1 Å². The molecule has 5 nitrogen and oxygen atoms in total. The van der Waals surface area contributed by atoms with E-state index in [1.54, 1.807) is 0 Å². The van der Waals surface area contributed by atoms with Crippen LogP contribution >= 0.6 is 11.3 Å². The third-order valence-corrected chi connectivity index (χ3v) is 4.96. The molecule has 3 heterocycles. The van der Waals surface area contributed by atoms with Crippen LogP contribution in [0.2, 0.25) is 0 Å². The van der Waals surface area contributed by atoms with Crippen LogP contribution in [0.3, 0.4) is 0 Å². The third kappa shape index (κ3) is 2.14. The number of pyridine rings is 1. The van der Waals surface area contributed by atoms with E-state index in [9.17, 15) is 4.79 Å². The number of aromatic nitrogens is 4. The minimum atomic E-state index is -0.149. The van der Waals surface area contributed by atoms with E-state index in [0.29, 0.717) is 10.2 Å². The van der Waals surface area contributed by atoms with Gasteiger partial charge in [-0.05, 0) is 50.1 Å². The first-order chi connectivity index (χ1) is 11.0. The second-order valence-corrected chi connectivity index (χ2v) is 6.68. The van der Waals surface area contributed by atoms with Gasteiger partial charge in [-0.25, -0.2) is 4.98 Å². The number of hydrogen-bond donors (Lipinski definition) is 0. The van der Waals surface area contributed by atoms with Crippen LogP contribution in [0.15, 0.2) is 35.1 Å². The van der Waals surface area contributed by atoms with Crippen molar-refractivity contribution in [2.75, 3.05) is 0 Å². The molecule has 1 aromatic carbocycles. The summed E-state index contributed by atoms with van der Waals surface area (Å²) in [7, 11) is 0. The van der Waals surface area contributed by atoms with Crippen LogP contribution < -0.4 is 5.56 Å². The smallest absolute Gasteiger partial charge is 0.266 e. The van der Waals surface area contributed by atoms with E-state index in [-0.39, 0.29) is 5.56 Å². The average Bonchev–Trinajstić information content (AvgIpc) is 2.89. The van der Waals surface area contributed by atoms with Crippen LogP contribution in [0.4, 0.5) is 0 Å². The highest BCUT2D eigenvalue weighted by Crippen LogP contribution is 2.28. The largest absolute Gasteiger partial charge is 0.292 e.